The van der Waals surface area contributed by atoms with E-state index in [-0.39, 0.29) is 17.0 Å². The highest BCUT2D eigenvalue weighted by Gasteiger charge is 2.44. The SMILES string of the molecule is COC=CC[P+](c1ccccc1)(c1ccccc1)c1ccccc1.[Br-]. The van der Waals surface area contributed by atoms with Crippen LogP contribution in [-0.4, -0.2) is 13.3 Å². The minimum atomic E-state index is -1.75. The minimum Gasteiger partial charge on any atom is -1.00 e. The van der Waals surface area contributed by atoms with Gasteiger partial charge in [-0.15, -0.1) is 0 Å². The average Bonchev–Trinajstić information content (AvgIpc) is 2.68. The van der Waals surface area contributed by atoms with Crippen molar-refractivity contribution in [3.05, 3.63) is 103 Å². The maximum Gasteiger partial charge on any atom is 0.116 e. The van der Waals surface area contributed by atoms with Crippen LogP contribution in [-0.2, 0) is 4.74 Å². The molecule has 3 rings (SSSR count). The zero-order valence-corrected chi connectivity index (χ0v) is 16.7. The van der Waals surface area contributed by atoms with Crippen molar-refractivity contribution in [1.82, 2.24) is 0 Å². The molecule has 0 radical (unpaired) electrons. The third-order valence-corrected chi connectivity index (χ3v) is 8.50. The molecule has 0 unspecified atom stereocenters. The first-order valence-electron chi connectivity index (χ1n) is 8.10. The van der Waals surface area contributed by atoms with Crippen molar-refractivity contribution in [2.75, 3.05) is 13.3 Å². The van der Waals surface area contributed by atoms with Crippen molar-refractivity contribution in [1.29, 1.82) is 0 Å². The van der Waals surface area contributed by atoms with Gasteiger partial charge in [-0.25, -0.2) is 0 Å². The summed E-state index contributed by atoms with van der Waals surface area (Å²) in [5, 5.41) is 4.18. The fourth-order valence-electron chi connectivity index (χ4n) is 3.11. The van der Waals surface area contributed by atoms with Gasteiger partial charge in [-0.3, -0.25) is 0 Å². The van der Waals surface area contributed by atoms with Crippen molar-refractivity contribution < 1.29 is 21.7 Å². The molecule has 0 aromatic heterocycles. The normalized spacial score (nSPS) is 11.1. The largest absolute Gasteiger partial charge is 1.00 e. The molecule has 3 aromatic rings. The molecule has 0 saturated heterocycles. The van der Waals surface area contributed by atoms with Gasteiger partial charge in [0.05, 0.1) is 19.5 Å². The molecule has 0 bridgehead atoms. The number of rotatable bonds is 6. The third kappa shape index (κ3) is 4.21. The number of benzene rings is 3. The summed E-state index contributed by atoms with van der Waals surface area (Å²) >= 11 is 0. The Kier molecular flexibility index (Phi) is 7.43. The maximum atomic E-state index is 5.18. The minimum absolute atomic E-state index is 0. The van der Waals surface area contributed by atoms with Crippen molar-refractivity contribution in [3.63, 3.8) is 0 Å². The molecular weight excluding hydrogens is 391 g/mol. The third-order valence-electron chi connectivity index (χ3n) is 4.20. The van der Waals surface area contributed by atoms with Crippen LogP contribution >= 0.6 is 7.26 Å². The summed E-state index contributed by atoms with van der Waals surface area (Å²) in [5.41, 5.74) is 0. The molecule has 0 aliphatic carbocycles. The van der Waals surface area contributed by atoms with Crippen molar-refractivity contribution in [3.8, 4) is 0 Å². The lowest BCUT2D eigenvalue weighted by Gasteiger charge is -2.26. The molecule has 0 amide bonds. The lowest BCUT2D eigenvalue weighted by Crippen LogP contribution is -3.00. The van der Waals surface area contributed by atoms with Gasteiger partial charge in [0.1, 0.15) is 23.2 Å². The zero-order chi connectivity index (χ0) is 16.7. The molecule has 0 aliphatic heterocycles. The van der Waals surface area contributed by atoms with Crippen LogP contribution in [0, 0.1) is 0 Å². The fourth-order valence-corrected chi connectivity index (χ4v) is 7.08. The quantitative estimate of drug-likeness (QED) is 0.435. The summed E-state index contributed by atoms with van der Waals surface area (Å²) < 4.78 is 5.18. The summed E-state index contributed by atoms with van der Waals surface area (Å²) in [6, 6.07) is 32.6. The molecule has 0 heterocycles. The number of ether oxygens (including phenoxy) is 1. The van der Waals surface area contributed by atoms with E-state index in [4.69, 9.17) is 4.74 Å². The van der Waals surface area contributed by atoms with Gasteiger partial charge in [0.25, 0.3) is 0 Å². The van der Waals surface area contributed by atoms with E-state index in [2.05, 4.69) is 97.1 Å². The average molecular weight is 413 g/mol. The van der Waals surface area contributed by atoms with Gasteiger partial charge in [0, 0.05) is 0 Å². The smallest absolute Gasteiger partial charge is 0.116 e. The van der Waals surface area contributed by atoms with Crippen molar-refractivity contribution in [2.45, 2.75) is 0 Å². The summed E-state index contributed by atoms with van der Waals surface area (Å²) in [6.07, 6.45) is 4.89. The molecule has 128 valence electrons. The highest BCUT2D eigenvalue weighted by Crippen LogP contribution is 2.55. The first-order valence-corrected chi connectivity index (χ1v) is 10.1. The molecule has 0 atom stereocenters. The second-order valence-corrected chi connectivity index (χ2v) is 9.14. The van der Waals surface area contributed by atoms with Crippen LogP contribution in [0.4, 0.5) is 0 Å². The van der Waals surface area contributed by atoms with Gasteiger partial charge in [0.15, 0.2) is 0 Å². The monoisotopic (exact) mass is 412 g/mol. The maximum absolute atomic E-state index is 5.18. The van der Waals surface area contributed by atoms with E-state index >= 15 is 0 Å². The van der Waals surface area contributed by atoms with Gasteiger partial charge in [-0.05, 0) is 42.5 Å². The summed E-state index contributed by atoms with van der Waals surface area (Å²) in [7, 11) is -0.0512. The van der Waals surface area contributed by atoms with Crippen LogP contribution in [0.5, 0.6) is 0 Å². The van der Waals surface area contributed by atoms with E-state index in [0.717, 1.165) is 6.16 Å². The number of methoxy groups -OCH3 is 1. The van der Waals surface area contributed by atoms with E-state index in [1.54, 1.807) is 13.4 Å². The lowest BCUT2D eigenvalue weighted by molar-refractivity contribution is -0.00000495. The molecule has 3 aromatic carbocycles. The first kappa shape index (κ1) is 19.4. The Bertz CT molecular complexity index is 676. The Morgan fingerprint density at radius 1 is 0.680 bits per heavy atom. The first-order chi connectivity index (χ1) is 11.9. The topological polar surface area (TPSA) is 9.23 Å². The Balaban J connectivity index is 0.00000225. The van der Waals surface area contributed by atoms with Crippen molar-refractivity contribution in [2.24, 2.45) is 0 Å². The van der Waals surface area contributed by atoms with Crippen LogP contribution in [0.3, 0.4) is 0 Å². The Morgan fingerprint density at radius 2 is 1.04 bits per heavy atom. The molecule has 0 fully saturated rings. The van der Waals surface area contributed by atoms with Gasteiger partial charge in [-0.2, -0.15) is 0 Å². The molecule has 0 saturated carbocycles. The number of hydrogen-bond acceptors (Lipinski definition) is 1. The van der Waals surface area contributed by atoms with E-state index in [9.17, 15) is 0 Å². The highest BCUT2D eigenvalue weighted by atomic mass is 79.9. The van der Waals surface area contributed by atoms with Gasteiger partial charge >= 0.3 is 0 Å². The fraction of sp³-hybridized carbons (Fsp3) is 0.0909. The number of halogens is 1. The molecule has 0 aliphatic rings. The molecule has 1 nitrogen and oxygen atoms in total. The molecular formula is C22H22BrOP. The highest BCUT2D eigenvalue weighted by molar-refractivity contribution is 7.95. The van der Waals surface area contributed by atoms with E-state index < -0.39 is 7.26 Å². The van der Waals surface area contributed by atoms with E-state index in [0.29, 0.717) is 0 Å². The predicted molar refractivity (Wildman–Crippen MR) is 106 cm³/mol. The number of allylic oxidation sites excluding steroid dienone is 1. The van der Waals surface area contributed by atoms with Crippen molar-refractivity contribution >= 4 is 23.2 Å². The Labute approximate surface area is 161 Å². The molecule has 25 heavy (non-hydrogen) atoms. The summed E-state index contributed by atoms with van der Waals surface area (Å²) in [6.45, 7) is 0. The van der Waals surface area contributed by atoms with Crippen LogP contribution in [0.2, 0.25) is 0 Å². The standard InChI is InChI=1S/C22H22OP.BrH/c1-23-18-11-19-24(20-12-5-2-6-13-20,21-14-7-3-8-15-21)22-16-9-4-10-17-22;/h2-18H,19H2,1H3;1H/q+1;/p-1. The number of hydrogen-bond donors (Lipinski definition) is 0. The van der Waals surface area contributed by atoms with Gasteiger partial charge in [-0.1, -0.05) is 54.6 Å². The zero-order valence-electron chi connectivity index (χ0n) is 14.3. The van der Waals surface area contributed by atoms with Gasteiger partial charge in [0.2, 0.25) is 0 Å². The predicted octanol–water partition coefficient (Wildman–Crippen LogP) is 1.14. The molecule has 0 N–H and O–H groups in total. The van der Waals surface area contributed by atoms with Crippen LogP contribution < -0.4 is 32.9 Å². The van der Waals surface area contributed by atoms with Crippen LogP contribution in [0.1, 0.15) is 0 Å². The van der Waals surface area contributed by atoms with E-state index in [1.807, 2.05) is 0 Å². The second-order valence-electron chi connectivity index (χ2n) is 5.61. The Morgan fingerprint density at radius 3 is 1.36 bits per heavy atom. The summed E-state index contributed by atoms with van der Waals surface area (Å²) in [4.78, 5) is 0. The van der Waals surface area contributed by atoms with Gasteiger partial charge < -0.3 is 21.7 Å². The van der Waals surface area contributed by atoms with E-state index in [1.165, 1.54) is 15.9 Å². The van der Waals surface area contributed by atoms with Crippen LogP contribution in [0.25, 0.3) is 0 Å². The van der Waals surface area contributed by atoms with Crippen LogP contribution in [0.15, 0.2) is 103 Å². The molecule has 0 spiro atoms. The molecule has 3 heteroatoms. The lowest BCUT2D eigenvalue weighted by atomic mass is 10.4. The second kappa shape index (κ2) is 9.56. The summed E-state index contributed by atoms with van der Waals surface area (Å²) in [5.74, 6) is 0. The Hall–Kier alpha value is -1.89.